The third-order valence-corrected chi connectivity index (χ3v) is 3.20. The molecule has 0 aliphatic heterocycles. The summed E-state index contributed by atoms with van der Waals surface area (Å²) in [6.45, 7) is 6.56. The Morgan fingerprint density at radius 3 is 2.58 bits per heavy atom. The van der Waals surface area contributed by atoms with E-state index in [2.05, 4.69) is 42.6 Å². The highest BCUT2D eigenvalue weighted by molar-refractivity contribution is 5.18. The molecule has 0 aliphatic rings. The molecule has 0 saturated carbocycles. The highest BCUT2D eigenvalue weighted by Gasteiger charge is 2.03. The predicted molar refractivity (Wildman–Crippen MR) is 79.7 cm³/mol. The molecule has 0 aliphatic carbocycles. The minimum absolute atomic E-state index is 0.617. The van der Waals surface area contributed by atoms with E-state index in [0.717, 1.165) is 26.1 Å². The molecule has 0 radical (unpaired) electrons. The van der Waals surface area contributed by atoms with Gasteiger partial charge in [-0.05, 0) is 37.4 Å². The average molecular weight is 265 g/mol. The van der Waals surface area contributed by atoms with Crippen molar-refractivity contribution in [1.29, 1.82) is 0 Å². The standard InChI is InChI=1S/C16H27NO2/c1-15(16-7-4-3-5-8-16)9-11-17-10-6-12-19-14-13-18-2/h3-5,7-8,15,17H,6,9-14H2,1-2H3. The van der Waals surface area contributed by atoms with Gasteiger partial charge in [-0.1, -0.05) is 37.3 Å². The Morgan fingerprint density at radius 1 is 1.05 bits per heavy atom. The summed E-state index contributed by atoms with van der Waals surface area (Å²) in [5.41, 5.74) is 1.42. The van der Waals surface area contributed by atoms with Gasteiger partial charge in [0, 0.05) is 13.7 Å². The van der Waals surface area contributed by atoms with Crippen molar-refractivity contribution in [1.82, 2.24) is 5.32 Å². The largest absolute Gasteiger partial charge is 0.382 e. The van der Waals surface area contributed by atoms with Crippen LogP contribution in [-0.2, 0) is 9.47 Å². The Kier molecular flexibility index (Phi) is 9.33. The molecule has 1 aromatic rings. The van der Waals surface area contributed by atoms with E-state index in [-0.39, 0.29) is 0 Å². The Balaban J connectivity index is 1.93. The normalized spacial score (nSPS) is 12.5. The van der Waals surface area contributed by atoms with Crippen molar-refractivity contribution in [2.45, 2.75) is 25.7 Å². The monoisotopic (exact) mass is 265 g/mol. The Labute approximate surface area is 117 Å². The number of benzene rings is 1. The van der Waals surface area contributed by atoms with Gasteiger partial charge in [0.15, 0.2) is 0 Å². The molecule has 1 unspecified atom stereocenters. The third-order valence-electron chi connectivity index (χ3n) is 3.20. The van der Waals surface area contributed by atoms with Gasteiger partial charge in [0.1, 0.15) is 0 Å². The molecule has 1 aromatic carbocycles. The van der Waals surface area contributed by atoms with Gasteiger partial charge in [-0.15, -0.1) is 0 Å². The van der Waals surface area contributed by atoms with Crippen LogP contribution in [0.25, 0.3) is 0 Å². The molecule has 0 amide bonds. The van der Waals surface area contributed by atoms with Crippen LogP contribution in [0.3, 0.4) is 0 Å². The van der Waals surface area contributed by atoms with Crippen LogP contribution in [0.1, 0.15) is 31.2 Å². The van der Waals surface area contributed by atoms with Gasteiger partial charge in [0.25, 0.3) is 0 Å². The molecule has 1 atom stereocenters. The lowest BCUT2D eigenvalue weighted by Gasteiger charge is -2.12. The van der Waals surface area contributed by atoms with Gasteiger partial charge >= 0.3 is 0 Å². The molecule has 3 heteroatoms. The summed E-state index contributed by atoms with van der Waals surface area (Å²) < 4.78 is 10.3. The Hall–Kier alpha value is -0.900. The quantitative estimate of drug-likeness (QED) is 0.624. The third kappa shape index (κ3) is 7.98. The Bertz CT molecular complexity index is 303. The number of ether oxygens (including phenoxy) is 2. The van der Waals surface area contributed by atoms with Gasteiger partial charge < -0.3 is 14.8 Å². The summed E-state index contributed by atoms with van der Waals surface area (Å²) in [6, 6.07) is 10.7. The molecular formula is C16H27NO2. The van der Waals surface area contributed by atoms with Gasteiger partial charge in [-0.2, -0.15) is 0 Å². The molecule has 108 valence electrons. The van der Waals surface area contributed by atoms with Crippen LogP contribution in [0.4, 0.5) is 0 Å². The first-order chi connectivity index (χ1) is 9.34. The van der Waals surface area contributed by atoms with Gasteiger partial charge in [0.2, 0.25) is 0 Å². The van der Waals surface area contributed by atoms with Crippen LogP contribution in [0.15, 0.2) is 30.3 Å². The molecule has 1 N–H and O–H groups in total. The Morgan fingerprint density at radius 2 is 1.84 bits per heavy atom. The number of rotatable bonds is 11. The molecule has 0 fully saturated rings. The number of nitrogens with one attached hydrogen (secondary N) is 1. The van der Waals surface area contributed by atoms with Crippen molar-refractivity contribution in [2.75, 3.05) is 40.0 Å². The van der Waals surface area contributed by atoms with Crippen LogP contribution < -0.4 is 5.32 Å². The van der Waals surface area contributed by atoms with Crippen LogP contribution in [0, 0.1) is 0 Å². The van der Waals surface area contributed by atoms with Crippen molar-refractivity contribution in [2.24, 2.45) is 0 Å². The van der Waals surface area contributed by atoms with Gasteiger partial charge in [-0.25, -0.2) is 0 Å². The zero-order valence-corrected chi connectivity index (χ0v) is 12.2. The maximum Gasteiger partial charge on any atom is 0.0700 e. The summed E-state index contributed by atoms with van der Waals surface area (Å²) in [6.07, 6.45) is 2.23. The molecule has 0 heterocycles. The van der Waals surface area contributed by atoms with E-state index in [1.807, 2.05) is 0 Å². The zero-order chi connectivity index (χ0) is 13.8. The zero-order valence-electron chi connectivity index (χ0n) is 12.2. The van der Waals surface area contributed by atoms with Gasteiger partial charge in [-0.3, -0.25) is 0 Å². The molecule has 0 spiro atoms. The highest BCUT2D eigenvalue weighted by atomic mass is 16.5. The molecular weight excluding hydrogens is 238 g/mol. The van der Waals surface area contributed by atoms with E-state index < -0.39 is 0 Å². The van der Waals surface area contributed by atoms with Crippen molar-refractivity contribution in [3.63, 3.8) is 0 Å². The van der Waals surface area contributed by atoms with E-state index in [0.29, 0.717) is 19.1 Å². The SMILES string of the molecule is COCCOCCCNCCC(C)c1ccccc1. The van der Waals surface area contributed by atoms with Crippen LogP contribution >= 0.6 is 0 Å². The van der Waals surface area contributed by atoms with Crippen LogP contribution in [0.2, 0.25) is 0 Å². The number of methoxy groups -OCH3 is 1. The summed E-state index contributed by atoms with van der Waals surface area (Å²) >= 11 is 0. The first-order valence-electron chi connectivity index (χ1n) is 7.17. The fourth-order valence-corrected chi connectivity index (χ4v) is 1.94. The minimum Gasteiger partial charge on any atom is -0.382 e. The highest BCUT2D eigenvalue weighted by Crippen LogP contribution is 2.17. The van der Waals surface area contributed by atoms with E-state index in [9.17, 15) is 0 Å². The van der Waals surface area contributed by atoms with E-state index >= 15 is 0 Å². The van der Waals surface area contributed by atoms with E-state index in [4.69, 9.17) is 9.47 Å². The molecule has 0 saturated heterocycles. The van der Waals surface area contributed by atoms with E-state index in [1.54, 1.807) is 7.11 Å². The number of hydrogen-bond donors (Lipinski definition) is 1. The lowest BCUT2D eigenvalue weighted by atomic mass is 9.98. The van der Waals surface area contributed by atoms with Crippen LogP contribution in [-0.4, -0.2) is 40.0 Å². The maximum absolute atomic E-state index is 5.41. The van der Waals surface area contributed by atoms with Gasteiger partial charge in [0.05, 0.1) is 13.2 Å². The van der Waals surface area contributed by atoms with Crippen molar-refractivity contribution in [3.05, 3.63) is 35.9 Å². The molecule has 19 heavy (non-hydrogen) atoms. The number of hydrogen-bond acceptors (Lipinski definition) is 3. The average Bonchev–Trinajstić information content (AvgIpc) is 2.46. The first kappa shape index (κ1) is 16.2. The summed E-state index contributed by atoms with van der Waals surface area (Å²) in [7, 11) is 1.69. The fourth-order valence-electron chi connectivity index (χ4n) is 1.94. The lowest BCUT2D eigenvalue weighted by molar-refractivity contribution is 0.0695. The van der Waals surface area contributed by atoms with E-state index in [1.165, 1.54) is 12.0 Å². The smallest absolute Gasteiger partial charge is 0.0700 e. The molecule has 0 bridgehead atoms. The molecule has 3 nitrogen and oxygen atoms in total. The molecule has 0 aromatic heterocycles. The lowest BCUT2D eigenvalue weighted by Crippen LogP contribution is -2.19. The summed E-state index contributed by atoms with van der Waals surface area (Å²) in [5, 5.41) is 3.47. The fraction of sp³-hybridized carbons (Fsp3) is 0.625. The second-order valence-electron chi connectivity index (χ2n) is 4.81. The van der Waals surface area contributed by atoms with Crippen molar-refractivity contribution in [3.8, 4) is 0 Å². The van der Waals surface area contributed by atoms with Crippen molar-refractivity contribution >= 4 is 0 Å². The minimum atomic E-state index is 0.617. The maximum atomic E-state index is 5.41. The van der Waals surface area contributed by atoms with Crippen molar-refractivity contribution < 1.29 is 9.47 Å². The summed E-state index contributed by atoms with van der Waals surface area (Å²) in [5.74, 6) is 0.617. The topological polar surface area (TPSA) is 30.5 Å². The second kappa shape index (κ2) is 11.0. The second-order valence-corrected chi connectivity index (χ2v) is 4.81. The summed E-state index contributed by atoms with van der Waals surface area (Å²) in [4.78, 5) is 0. The predicted octanol–water partition coefficient (Wildman–Crippen LogP) is 2.82. The van der Waals surface area contributed by atoms with Crippen LogP contribution in [0.5, 0.6) is 0 Å². The molecule has 1 rings (SSSR count). The first-order valence-corrected chi connectivity index (χ1v) is 7.17.